The lowest BCUT2D eigenvalue weighted by Gasteiger charge is -2.40. The van der Waals surface area contributed by atoms with Crippen molar-refractivity contribution in [1.29, 1.82) is 0 Å². The summed E-state index contributed by atoms with van der Waals surface area (Å²) in [4.78, 5) is 12.4. The van der Waals surface area contributed by atoms with Gasteiger partial charge in [-0.25, -0.2) is 0 Å². The van der Waals surface area contributed by atoms with Gasteiger partial charge in [0.25, 0.3) is 0 Å². The van der Waals surface area contributed by atoms with Crippen LogP contribution in [0.3, 0.4) is 0 Å². The van der Waals surface area contributed by atoms with E-state index in [2.05, 4.69) is 48.7 Å². The average Bonchev–Trinajstić information content (AvgIpc) is 2.75. The Kier molecular flexibility index (Phi) is 6.11. The van der Waals surface area contributed by atoms with Crippen molar-refractivity contribution in [3.8, 4) is 16.9 Å². The highest BCUT2D eigenvalue weighted by molar-refractivity contribution is 7.98. The van der Waals surface area contributed by atoms with Crippen LogP contribution in [0.25, 0.3) is 11.1 Å². The van der Waals surface area contributed by atoms with Gasteiger partial charge in [0.05, 0.1) is 25.0 Å². The van der Waals surface area contributed by atoms with Crippen LogP contribution in [-0.4, -0.2) is 30.5 Å². The maximum absolute atomic E-state index is 11.2. The fourth-order valence-corrected chi connectivity index (χ4v) is 4.11. The number of aliphatic carboxylic acids is 1. The van der Waals surface area contributed by atoms with Crippen molar-refractivity contribution in [1.82, 2.24) is 0 Å². The highest BCUT2D eigenvalue weighted by Crippen LogP contribution is 2.36. The van der Waals surface area contributed by atoms with Crippen LogP contribution in [-0.2, 0) is 21.6 Å². The van der Waals surface area contributed by atoms with Crippen LogP contribution in [0.5, 0.6) is 5.75 Å². The van der Waals surface area contributed by atoms with Gasteiger partial charge in [0.2, 0.25) is 0 Å². The van der Waals surface area contributed by atoms with E-state index in [1.165, 1.54) is 16.0 Å². The van der Waals surface area contributed by atoms with E-state index in [0.29, 0.717) is 19.8 Å². The minimum absolute atomic E-state index is 0.0813. The fourth-order valence-electron chi connectivity index (χ4n) is 3.70. The molecule has 154 valence electrons. The first kappa shape index (κ1) is 20.5. The van der Waals surface area contributed by atoms with E-state index in [1.807, 2.05) is 30.3 Å². The summed E-state index contributed by atoms with van der Waals surface area (Å²) in [6.07, 6.45) is 2.16. The Morgan fingerprint density at radius 1 is 1.03 bits per heavy atom. The number of thioether (sulfide) groups is 1. The molecule has 0 amide bonds. The maximum atomic E-state index is 11.2. The van der Waals surface area contributed by atoms with Crippen LogP contribution in [0.15, 0.2) is 77.7 Å². The van der Waals surface area contributed by atoms with E-state index in [9.17, 15) is 9.90 Å². The Hall–Kier alpha value is -2.76. The standard InChI is InChI=1S/C25H24O4S/c1-30-23-11-5-19(6-12-23)20-4-2-3-18(13-20)15-29-22-9-7-21(8-10-22)25(14-24(26)27)16-28-17-25/h2-13H,14-17H2,1H3,(H,26,27). The molecular formula is C25H24O4S. The van der Waals surface area contributed by atoms with E-state index in [1.54, 1.807) is 11.8 Å². The van der Waals surface area contributed by atoms with Crippen LogP contribution in [0.2, 0.25) is 0 Å². The van der Waals surface area contributed by atoms with Gasteiger partial charge in [0.15, 0.2) is 0 Å². The number of ether oxygens (including phenoxy) is 2. The Labute approximate surface area is 180 Å². The molecule has 5 heteroatoms. The van der Waals surface area contributed by atoms with Crippen LogP contribution < -0.4 is 4.74 Å². The molecule has 0 aromatic heterocycles. The zero-order valence-corrected chi connectivity index (χ0v) is 17.7. The molecule has 0 spiro atoms. The predicted octanol–water partition coefficient (Wildman–Crippen LogP) is 5.40. The summed E-state index contributed by atoms with van der Waals surface area (Å²) in [5, 5.41) is 9.19. The van der Waals surface area contributed by atoms with Gasteiger partial charge < -0.3 is 14.6 Å². The van der Waals surface area contributed by atoms with Gasteiger partial charge in [0.1, 0.15) is 12.4 Å². The largest absolute Gasteiger partial charge is 0.489 e. The first-order valence-corrected chi connectivity index (χ1v) is 11.1. The summed E-state index contributed by atoms with van der Waals surface area (Å²) >= 11 is 1.74. The third kappa shape index (κ3) is 4.53. The van der Waals surface area contributed by atoms with Crippen molar-refractivity contribution >= 4 is 17.7 Å². The van der Waals surface area contributed by atoms with Gasteiger partial charge in [-0.2, -0.15) is 0 Å². The molecule has 0 aliphatic carbocycles. The van der Waals surface area contributed by atoms with Gasteiger partial charge in [-0.05, 0) is 58.8 Å². The van der Waals surface area contributed by atoms with Gasteiger partial charge in [-0.15, -0.1) is 11.8 Å². The van der Waals surface area contributed by atoms with E-state index >= 15 is 0 Å². The highest BCUT2D eigenvalue weighted by atomic mass is 32.2. The summed E-state index contributed by atoms with van der Waals surface area (Å²) in [6.45, 7) is 1.37. The molecular weight excluding hydrogens is 396 g/mol. The predicted molar refractivity (Wildman–Crippen MR) is 119 cm³/mol. The zero-order valence-electron chi connectivity index (χ0n) is 16.8. The lowest BCUT2D eigenvalue weighted by molar-refractivity contribution is -0.145. The Bertz CT molecular complexity index is 1010. The molecule has 30 heavy (non-hydrogen) atoms. The lowest BCUT2D eigenvalue weighted by Crippen LogP contribution is -2.48. The van der Waals surface area contributed by atoms with Crippen LogP contribution in [0.1, 0.15) is 17.5 Å². The quantitative estimate of drug-likeness (QED) is 0.495. The minimum Gasteiger partial charge on any atom is -0.489 e. The maximum Gasteiger partial charge on any atom is 0.304 e. The molecule has 0 unspecified atom stereocenters. The number of hydrogen-bond acceptors (Lipinski definition) is 4. The summed E-state index contributed by atoms with van der Waals surface area (Å²) in [5.41, 5.74) is 4.02. The smallest absolute Gasteiger partial charge is 0.304 e. The van der Waals surface area contributed by atoms with Crippen molar-refractivity contribution < 1.29 is 19.4 Å². The topological polar surface area (TPSA) is 55.8 Å². The van der Waals surface area contributed by atoms with E-state index in [0.717, 1.165) is 16.9 Å². The van der Waals surface area contributed by atoms with Gasteiger partial charge in [-0.3, -0.25) is 4.79 Å². The number of carboxylic acid groups (broad SMARTS) is 1. The summed E-state index contributed by atoms with van der Waals surface area (Å²) in [6, 6.07) is 24.6. The molecule has 0 saturated carbocycles. The molecule has 4 nitrogen and oxygen atoms in total. The molecule has 0 radical (unpaired) electrons. The minimum atomic E-state index is -0.804. The van der Waals surface area contributed by atoms with E-state index in [4.69, 9.17) is 9.47 Å². The average molecular weight is 421 g/mol. The molecule has 1 heterocycles. The number of carboxylic acids is 1. The second-order valence-corrected chi connectivity index (χ2v) is 8.47. The molecule has 1 aliphatic heterocycles. The normalized spacial score (nSPS) is 14.7. The number of carbonyl (C=O) groups is 1. The molecule has 4 rings (SSSR count). The third-order valence-electron chi connectivity index (χ3n) is 5.47. The van der Waals surface area contributed by atoms with Crippen molar-refractivity contribution in [2.45, 2.75) is 23.3 Å². The van der Waals surface area contributed by atoms with Crippen LogP contribution >= 0.6 is 11.8 Å². The van der Waals surface area contributed by atoms with Crippen molar-refractivity contribution in [3.63, 3.8) is 0 Å². The number of rotatable bonds is 8. The third-order valence-corrected chi connectivity index (χ3v) is 6.21. The summed E-state index contributed by atoms with van der Waals surface area (Å²) in [5.74, 6) is -0.0409. The van der Waals surface area contributed by atoms with E-state index in [-0.39, 0.29) is 6.42 Å². The first-order valence-electron chi connectivity index (χ1n) is 9.84. The van der Waals surface area contributed by atoms with E-state index < -0.39 is 11.4 Å². The second kappa shape index (κ2) is 8.94. The second-order valence-electron chi connectivity index (χ2n) is 7.59. The fraction of sp³-hybridized carbons (Fsp3) is 0.240. The summed E-state index contributed by atoms with van der Waals surface area (Å²) < 4.78 is 11.3. The van der Waals surface area contributed by atoms with Gasteiger partial charge in [-0.1, -0.05) is 42.5 Å². The molecule has 1 aliphatic rings. The molecule has 1 fully saturated rings. The SMILES string of the molecule is CSc1ccc(-c2cccc(COc3ccc(C4(CC(=O)O)COC4)cc3)c2)cc1. The molecule has 3 aromatic carbocycles. The Morgan fingerprint density at radius 2 is 1.77 bits per heavy atom. The highest BCUT2D eigenvalue weighted by Gasteiger charge is 2.42. The van der Waals surface area contributed by atoms with Crippen LogP contribution in [0, 0.1) is 0 Å². The zero-order chi connectivity index (χ0) is 21.0. The van der Waals surface area contributed by atoms with Crippen molar-refractivity contribution in [2.75, 3.05) is 19.5 Å². The molecule has 0 atom stereocenters. The van der Waals surface area contributed by atoms with Crippen LogP contribution in [0.4, 0.5) is 0 Å². The number of benzene rings is 3. The Morgan fingerprint density at radius 3 is 2.37 bits per heavy atom. The molecule has 3 aromatic rings. The lowest BCUT2D eigenvalue weighted by atomic mass is 9.76. The first-order chi connectivity index (χ1) is 14.6. The number of hydrogen-bond donors (Lipinski definition) is 1. The monoisotopic (exact) mass is 420 g/mol. The van der Waals surface area contributed by atoms with Gasteiger partial charge in [0, 0.05) is 4.90 Å². The molecule has 1 N–H and O–H groups in total. The van der Waals surface area contributed by atoms with Crippen molar-refractivity contribution in [2.24, 2.45) is 0 Å². The van der Waals surface area contributed by atoms with Crippen molar-refractivity contribution in [3.05, 3.63) is 83.9 Å². The summed E-state index contributed by atoms with van der Waals surface area (Å²) in [7, 11) is 0. The van der Waals surface area contributed by atoms with Gasteiger partial charge >= 0.3 is 5.97 Å². The molecule has 0 bridgehead atoms. The molecule has 1 saturated heterocycles. The Balaban J connectivity index is 1.42.